The average Bonchev–Trinajstić information content (AvgIpc) is 3.07. The van der Waals surface area contributed by atoms with Crippen LogP contribution in [0.5, 0.6) is 0 Å². The maximum Gasteiger partial charge on any atom is 0.253 e. The molecule has 0 spiro atoms. The Labute approximate surface area is 173 Å². The Hall–Kier alpha value is -3.20. The Morgan fingerprint density at radius 3 is 2.53 bits per heavy atom. The van der Waals surface area contributed by atoms with E-state index in [1.165, 1.54) is 26.2 Å². The number of carbonyl (C=O) groups excluding carboxylic acids is 1. The Morgan fingerprint density at radius 2 is 1.90 bits per heavy atom. The van der Waals surface area contributed by atoms with Gasteiger partial charge in [0.1, 0.15) is 23.3 Å². The predicted octanol–water partition coefficient (Wildman–Crippen LogP) is 2.18. The molecule has 1 amide bonds. The fourth-order valence-electron chi connectivity index (χ4n) is 4.10. The van der Waals surface area contributed by atoms with Gasteiger partial charge in [-0.25, -0.2) is 13.9 Å². The summed E-state index contributed by atoms with van der Waals surface area (Å²) < 4.78 is 16.4. The molecule has 0 atom stereocenters. The van der Waals surface area contributed by atoms with E-state index in [1.54, 1.807) is 21.5 Å². The van der Waals surface area contributed by atoms with Gasteiger partial charge < -0.3 is 21.5 Å². The highest BCUT2D eigenvalue weighted by Crippen LogP contribution is 2.38. The van der Waals surface area contributed by atoms with E-state index in [4.69, 9.17) is 11.5 Å². The van der Waals surface area contributed by atoms with Crippen LogP contribution >= 0.6 is 0 Å². The minimum Gasteiger partial charge on any atom is -0.399 e. The van der Waals surface area contributed by atoms with Gasteiger partial charge in [-0.1, -0.05) is 0 Å². The number of nitrogens with zero attached hydrogens (tertiary/aromatic N) is 4. The molecule has 3 heterocycles. The first-order valence-electron chi connectivity index (χ1n) is 9.86. The number of fused-ring (bicyclic) bond motifs is 1. The van der Waals surface area contributed by atoms with Crippen LogP contribution in [0, 0.1) is 5.82 Å². The zero-order valence-electron chi connectivity index (χ0n) is 17.0. The standard InChI is InChI=1S/C21H25FN6O2/c1-21(2,30)20(29)27-7-5-12(6-8-27)17-10-15(14-4-3-13(23)9-16(14)22)18-19(24)25-11-26-28(17)18/h3-4,9-12,30H,5-8,23H2,1-2H3,(H2,24,25,26). The largest absolute Gasteiger partial charge is 0.399 e. The molecular weight excluding hydrogens is 387 g/mol. The van der Waals surface area contributed by atoms with Gasteiger partial charge >= 0.3 is 0 Å². The molecule has 1 saturated heterocycles. The number of aromatic nitrogens is 3. The van der Waals surface area contributed by atoms with Crippen molar-refractivity contribution in [1.82, 2.24) is 19.5 Å². The summed E-state index contributed by atoms with van der Waals surface area (Å²) in [7, 11) is 0. The lowest BCUT2D eigenvalue weighted by molar-refractivity contribution is -0.148. The SMILES string of the molecule is CC(C)(O)C(=O)N1CCC(c2cc(-c3ccc(N)cc3F)c3c(N)ncnn23)CC1. The quantitative estimate of drug-likeness (QED) is 0.567. The maximum absolute atomic E-state index is 14.7. The van der Waals surface area contributed by atoms with E-state index >= 15 is 0 Å². The molecule has 8 nitrogen and oxygen atoms in total. The lowest BCUT2D eigenvalue weighted by atomic mass is 9.92. The van der Waals surface area contributed by atoms with Gasteiger partial charge in [0.25, 0.3) is 5.91 Å². The van der Waals surface area contributed by atoms with Crippen LogP contribution in [0.25, 0.3) is 16.6 Å². The fraction of sp³-hybridized carbons (Fsp3) is 0.381. The smallest absolute Gasteiger partial charge is 0.253 e. The third-order valence-corrected chi connectivity index (χ3v) is 5.62. The molecule has 5 N–H and O–H groups in total. The van der Waals surface area contributed by atoms with Crippen LogP contribution in [-0.2, 0) is 4.79 Å². The number of amides is 1. The van der Waals surface area contributed by atoms with Crippen molar-refractivity contribution in [2.75, 3.05) is 24.6 Å². The molecule has 30 heavy (non-hydrogen) atoms. The monoisotopic (exact) mass is 412 g/mol. The van der Waals surface area contributed by atoms with Crippen molar-refractivity contribution in [3.63, 3.8) is 0 Å². The topological polar surface area (TPSA) is 123 Å². The van der Waals surface area contributed by atoms with Crippen LogP contribution in [0.1, 0.15) is 38.3 Å². The molecule has 1 aromatic carbocycles. The zero-order valence-corrected chi connectivity index (χ0v) is 17.0. The number of likely N-dealkylation sites (tertiary alicyclic amines) is 1. The molecule has 0 bridgehead atoms. The molecule has 0 unspecified atom stereocenters. The molecule has 158 valence electrons. The molecule has 0 radical (unpaired) electrons. The molecule has 1 aliphatic heterocycles. The van der Waals surface area contributed by atoms with Gasteiger partial charge in [0.05, 0.1) is 0 Å². The number of piperidine rings is 1. The van der Waals surface area contributed by atoms with Crippen LogP contribution in [0.15, 0.2) is 30.6 Å². The Morgan fingerprint density at radius 1 is 1.20 bits per heavy atom. The van der Waals surface area contributed by atoms with E-state index in [1.807, 2.05) is 6.07 Å². The van der Waals surface area contributed by atoms with Crippen LogP contribution < -0.4 is 11.5 Å². The van der Waals surface area contributed by atoms with Gasteiger partial charge in [0.15, 0.2) is 5.82 Å². The van der Waals surface area contributed by atoms with E-state index < -0.39 is 11.4 Å². The zero-order chi connectivity index (χ0) is 21.6. The molecule has 2 aromatic heterocycles. The van der Waals surface area contributed by atoms with Crippen molar-refractivity contribution >= 4 is 22.9 Å². The van der Waals surface area contributed by atoms with Crippen molar-refractivity contribution in [1.29, 1.82) is 0 Å². The summed E-state index contributed by atoms with van der Waals surface area (Å²) in [5, 5.41) is 14.4. The lowest BCUT2D eigenvalue weighted by Gasteiger charge is -2.35. The highest BCUT2D eigenvalue weighted by atomic mass is 19.1. The molecule has 4 rings (SSSR count). The summed E-state index contributed by atoms with van der Waals surface area (Å²) in [6.07, 6.45) is 2.77. The Balaban J connectivity index is 1.71. The summed E-state index contributed by atoms with van der Waals surface area (Å²) in [4.78, 5) is 18.1. The van der Waals surface area contributed by atoms with Gasteiger partial charge in [0, 0.05) is 41.5 Å². The number of carbonyl (C=O) groups is 1. The van der Waals surface area contributed by atoms with Crippen molar-refractivity contribution in [3.8, 4) is 11.1 Å². The minimum absolute atomic E-state index is 0.100. The number of halogens is 1. The molecule has 0 saturated carbocycles. The van der Waals surface area contributed by atoms with Crippen LogP contribution in [0.3, 0.4) is 0 Å². The van der Waals surface area contributed by atoms with Crippen molar-refractivity contribution in [2.45, 2.75) is 38.2 Å². The fourth-order valence-corrected chi connectivity index (χ4v) is 4.10. The first-order chi connectivity index (χ1) is 14.2. The second kappa shape index (κ2) is 7.24. The number of hydrogen-bond donors (Lipinski definition) is 3. The normalized spacial score (nSPS) is 15.7. The van der Waals surface area contributed by atoms with E-state index in [0.717, 1.165) is 5.69 Å². The molecule has 9 heteroatoms. The van der Waals surface area contributed by atoms with Crippen molar-refractivity contribution in [3.05, 3.63) is 42.1 Å². The molecule has 1 fully saturated rings. The van der Waals surface area contributed by atoms with Gasteiger partial charge in [0.2, 0.25) is 0 Å². The van der Waals surface area contributed by atoms with Crippen LogP contribution in [-0.4, -0.2) is 49.2 Å². The van der Waals surface area contributed by atoms with E-state index in [0.29, 0.717) is 48.3 Å². The highest BCUT2D eigenvalue weighted by molar-refractivity contribution is 5.89. The summed E-state index contributed by atoms with van der Waals surface area (Å²) in [5.41, 5.74) is 13.2. The predicted molar refractivity (Wildman–Crippen MR) is 112 cm³/mol. The van der Waals surface area contributed by atoms with E-state index in [-0.39, 0.29) is 17.6 Å². The Bertz CT molecular complexity index is 1110. The number of anilines is 2. The maximum atomic E-state index is 14.7. The molecule has 1 aliphatic rings. The van der Waals surface area contributed by atoms with E-state index in [2.05, 4.69) is 10.1 Å². The van der Waals surface area contributed by atoms with Crippen LogP contribution in [0.2, 0.25) is 0 Å². The summed E-state index contributed by atoms with van der Waals surface area (Å²) in [6, 6.07) is 6.44. The first-order valence-corrected chi connectivity index (χ1v) is 9.86. The average molecular weight is 412 g/mol. The Kier molecular flexibility index (Phi) is 4.85. The number of nitrogens with two attached hydrogens (primary N) is 2. The minimum atomic E-state index is -1.39. The molecule has 0 aliphatic carbocycles. The third-order valence-electron chi connectivity index (χ3n) is 5.62. The third kappa shape index (κ3) is 3.45. The summed E-state index contributed by atoms with van der Waals surface area (Å²) in [5.74, 6) is -0.361. The van der Waals surface area contributed by atoms with E-state index in [9.17, 15) is 14.3 Å². The molecule has 3 aromatic rings. The number of aliphatic hydroxyl groups is 1. The van der Waals surface area contributed by atoms with Gasteiger partial charge in [-0.2, -0.15) is 5.10 Å². The van der Waals surface area contributed by atoms with Gasteiger partial charge in [-0.3, -0.25) is 4.79 Å². The first kappa shape index (κ1) is 20.1. The highest BCUT2D eigenvalue weighted by Gasteiger charge is 2.33. The van der Waals surface area contributed by atoms with Crippen molar-refractivity contribution in [2.24, 2.45) is 0 Å². The number of hydrogen-bond acceptors (Lipinski definition) is 6. The second-order valence-electron chi connectivity index (χ2n) is 8.25. The summed E-state index contributed by atoms with van der Waals surface area (Å²) >= 11 is 0. The van der Waals surface area contributed by atoms with Gasteiger partial charge in [-0.05, 0) is 51.0 Å². The molecular formula is C21H25FN6O2. The van der Waals surface area contributed by atoms with Crippen LogP contribution in [0.4, 0.5) is 15.9 Å². The number of rotatable bonds is 3. The number of benzene rings is 1. The van der Waals surface area contributed by atoms with Crippen molar-refractivity contribution < 1.29 is 14.3 Å². The number of nitrogen functional groups attached to an aromatic ring is 2. The summed E-state index contributed by atoms with van der Waals surface area (Å²) in [6.45, 7) is 4.03. The second-order valence-corrected chi connectivity index (χ2v) is 8.25. The van der Waals surface area contributed by atoms with Gasteiger partial charge in [-0.15, -0.1) is 0 Å². The lowest BCUT2D eigenvalue weighted by Crippen LogP contribution is -2.48.